The predicted molar refractivity (Wildman–Crippen MR) is 97.2 cm³/mol. The van der Waals surface area contributed by atoms with Crippen molar-refractivity contribution in [2.24, 2.45) is 0 Å². The van der Waals surface area contributed by atoms with Crippen molar-refractivity contribution in [1.29, 1.82) is 0 Å². The van der Waals surface area contributed by atoms with E-state index in [0.29, 0.717) is 17.7 Å². The monoisotopic (exact) mass is 351 g/mol. The van der Waals surface area contributed by atoms with E-state index in [0.717, 1.165) is 29.1 Å². The van der Waals surface area contributed by atoms with Crippen LogP contribution in [0, 0.1) is 10.1 Å². The fourth-order valence-corrected chi connectivity index (χ4v) is 2.82. The minimum Gasteiger partial charge on any atom is -0.465 e. The predicted octanol–water partition coefficient (Wildman–Crippen LogP) is 3.31. The molecule has 0 saturated carbocycles. The Hall–Kier alpha value is -3.48. The standard InChI is InChI=1S/C19H17N3O4/c1-26-19(23)15-4-5-18-17(11-15)16(7-10-22(24)25)13-21(18)9-6-14-3-2-8-20-12-14/h2-5,7-8,10-13H,6,9H2,1H3. The van der Waals surface area contributed by atoms with Crippen molar-refractivity contribution in [3.63, 3.8) is 0 Å². The van der Waals surface area contributed by atoms with Gasteiger partial charge in [0, 0.05) is 47.7 Å². The Morgan fingerprint density at radius 2 is 2.23 bits per heavy atom. The minimum absolute atomic E-state index is 0.403. The van der Waals surface area contributed by atoms with Gasteiger partial charge in [-0.05, 0) is 36.2 Å². The van der Waals surface area contributed by atoms with Crippen LogP contribution in [0.15, 0.2) is 55.1 Å². The van der Waals surface area contributed by atoms with Gasteiger partial charge in [-0.2, -0.15) is 0 Å². The van der Waals surface area contributed by atoms with Gasteiger partial charge in [0.05, 0.1) is 17.6 Å². The highest BCUT2D eigenvalue weighted by atomic mass is 16.6. The zero-order chi connectivity index (χ0) is 18.5. The van der Waals surface area contributed by atoms with Crippen molar-refractivity contribution in [2.45, 2.75) is 13.0 Å². The third-order valence-corrected chi connectivity index (χ3v) is 4.07. The Morgan fingerprint density at radius 3 is 2.92 bits per heavy atom. The van der Waals surface area contributed by atoms with Crippen LogP contribution < -0.4 is 0 Å². The van der Waals surface area contributed by atoms with Crippen LogP contribution in [0.4, 0.5) is 0 Å². The van der Waals surface area contributed by atoms with E-state index in [1.54, 1.807) is 18.3 Å². The molecule has 0 fully saturated rings. The highest BCUT2D eigenvalue weighted by Gasteiger charge is 2.12. The number of carbonyl (C=O) groups is 1. The zero-order valence-electron chi connectivity index (χ0n) is 14.2. The number of rotatable bonds is 6. The van der Waals surface area contributed by atoms with Gasteiger partial charge in [-0.15, -0.1) is 0 Å². The van der Waals surface area contributed by atoms with Crippen LogP contribution in [0.2, 0.25) is 0 Å². The van der Waals surface area contributed by atoms with Gasteiger partial charge < -0.3 is 9.30 Å². The molecule has 0 aliphatic rings. The number of pyridine rings is 1. The summed E-state index contributed by atoms with van der Waals surface area (Å²) in [5.74, 6) is -0.445. The number of hydrogen-bond donors (Lipinski definition) is 0. The van der Waals surface area contributed by atoms with Gasteiger partial charge >= 0.3 is 5.97 Å². The molecule has 0 unspecified atom stereocenters. The summed E-state index contributed by atoms with van der Waals surface area (Å²) < 4.78 is 6.77. The van der Waals surface area contributed by atoms with Crippen LogP contribution in [0.5, 0.6) is 0 Å². The number of ether oxygens (including phenoxy) is 1. The van der Waals surface area contributed by atoms with E-state index in [1.165, 1.54) is 13.2 Å². The van der Waals surface area contributed by atoms with Crippen molar-refractivity contribution in [3.05, 3.63) is 81.9 Å². The Labute approximate surface area is 149 Å². The molecule has 0 saturated heterocycles. The van der Waals surface area contributed by atoms with Crippen LogP contribution in [-0.4, -0.2) is 27.6 Å². The first-order chi connectivity index (χ1) is 12.6. The summed E-state index contributed by atoms with van der Waals surface area (Å²) in [5.41, 5.74) is 3.07. The lowest BCUT2D eigenvalue weighted by atomic mass is 10.1. The maximum Gasteiger partial charge on any atom is 0.337 e. The van der Waals surface area contributed by atoms with Gasteiger partial charge in [-0.25, -0.2) is 4.79 Å². The first-order valence-corrected chi connectivity index (χ1v) is 8.00. The fraction of sp³-hybridized carbons (Fsp3) is 0.158. The van der Waals surface area contributed by atoms with Crippen LogP contribution in [0.1, 0.15) is 21.5 Å². The van der Waals surface area contributed by atoms with E-state index in [4.69, 9.17) is 4.74 Å². The van der Waals surface area contributed by atoms with Crippen LogP contribution >= 0.6 is 0 Å². The van der Waals surface area contributed by atoms with Crippen molar-refractivity contribution < 1.29 is 14.5 Å². The second kappa shape index (κ2) is 7.60. The molecule has 7 heteroatoms. The third-order valence-electron chi connectivity index (χ3n) is 4.07. The molecule has 132 valence electrons. The molecule has 0 N–H and O–H groups in total. The Balaban J connectivity index is 1.99. The lowest BCUT2D eigenvalue weighted by Gasteiger charge is -2.06. The number of benzene rings is 1. The highest BCUT2D eigenvalue weighted by Crippen LogP contribution is 2.25. The lowest BCUT2D eigenvalue weighted by Crippen LogP contribution is -2.02. The van der Waals surface area contributed by atoms with E-state index in [-0.39, 0.29) is 0 Å². The average molecular weight is 351 g/mol. The minimum atomic E-state index is -0.511. The lowest BCUT2D eigenvalue weighted by molar-refractivity contribution is -0.400. The molecule has 0 bridgehead atoms. The van der Waals surface area contributed by atoms with E-state index < -0.39 is 10.9 Å². The molecule has 2 aromatic heterocycles. The van der Waals surface area contributed by atoms with Crippen molar-refractivity contribution >= 4 is 22.9 Å². The van der Waals surface area contributed by atoms with Gasteiger partial charge in [0.15, 0.2) is 0 Å². The molecule has 0 spiro atoms. The maximum atomic E-state index is 11.8. The number of nitrogens with zero attached hydrogens (tertiary/aromatic N) is 3. The Bertz CT molecular complexity index is 977. The summed E-state index contributed by atoms with van der Waals surface area (Å²) in [7, 11) is 1.32. The first kappa shape index (κ1) is 17.3. The van der Waals surface area contributed by atoms with Gasteiger partial charge in [-0.3, -0.25) is 15.1 Å². The maximum absolute atomic E-state index is 11.8. The second-order valence-corrected chi connectivity index (χ2v) is 5.71. The van der Waals surface area contributed by atoms with Crippen LogP contribution in [-0.2, 0) is 17.7 Å². The summed E-state index contributed by atoms with van der Waals surface area (Å²) in [4.78, 5) is 26.1. The molecule has 0 amide bonds. The summed E-state index contributed by atoms with van der Waals surface area (Å²) in [6.07, 6.45) is 8.49. The van der Waals surface area contributed by atoms with Crippen molar-refractivity contribution in [2.75, 3.05) is 7.11 Å². The summed E-state index contributed by atoms with van der Waals surface area (Å²) in [5, 5.41) is 11.4. The van der Waals surface area contributed by atoms with E-state index >= 15 is 0 Å². The van der Waals surface area contributed by atoms with Gasteiger partial charge in [-0.1, -0.05) is 6.07 Å². The number of nitro groups is 1. The number of aromatic nitrogens is 2. The number of fused-ring (bicyclic) bond motifs is 1. The third kappa shape index (κ3) is 3.77. The number of carbonyl (C=O) groups excluding carboxylic acids is 1. The highest BCUT2D eigenvalue weighted by molar-refractivity contribution is 5.97. The Kier molecular flexibility index (Phi) is 5.07. The van der Waals surface area contributed by atoms with Crippen molar-refractivity contribution in [1.82, 2.24) is 9.55 Å². The number of esters is 1. The zero-order valence-corrected chi connectivity index (χ0v) is 14.2. The first-order valence-electron chi connectivity index (χ1n) is 8.00. The number of methoxy groups -OCH3 is 1. The quantitative estimate of drug-likeness (QED) is 0.386. The summed E-state index contributed by atoms with van der Waals surface area (Å²) >= 11 is 0. The molecule has 1 aromatic carbocycles. The normalized spacial score (nSPS) is 11.1. The van der Waals surface area contributed by atoms with Gasteiger partial charge in [0.1, 0.15) is 0 Å². The smallest absolute Gasteiger partial charge is 0.337 e. The van der Waals surface area contributed by atoms with Crippen LogP contribution in [0.3, 0.4) is 0 Å². The van der Waals surface area contributed by atoms with Gasteiger partial charge in [0.2, 0.25) is 6.20 Å². The molecular formula is C19H17N3O4. The molecule has 0 atom stereocenters. The number of hydrogen-bond acceptors (Lipinski definition) is 5. The molecule has 2 heterocycles. The molecule has 26 heavy (non-hydrogen) atoms. The van der Waals surface area contributed by atoms with Crippen LogP contribution in [0.25, 0.3) is 17.0 Å². The van der Waals surface area contributed by atoms with E-state index in [9.17, 15) is 14.9 Å². The second-order valence-electron chi connectivity index (χ2n) is 5.71. The molecule has 0 aliphatic heterocycles. The topological polar surface area (TPSA) is 87.3 Å². The number of aryl methyl sites for hydroxylation is 2. The molecule has 3 rings (SSSR count). The van der Waals surface area contributed by atoms with E-state index in [1.807, 2.05) is 35.2 Å². The Morgan fingerprint density at radius 1 is 1.38 bits per heavy atom. The molecular weight excluding hydrogens is 334 g/mol. The summed E-state index contributed by atoms with van der Waals surface area (Å²) in [6, 6.07) is 9.10. The fourth-order valence-electron chi connectivity index (χ4n) is 2.82. The summed E-state index contributed by atoms with van der Waals surface area (Å²) in [6.45, 7) is 0.687. The molecule has 0 radical (unpaired) electrons. The molecule has 0 aliphatic carbocycles. The van der Waals surface area contributed by atoms with Gasteiger partial charge in [0.25, 0.3) is 0 Å². The largest absolute Gasteiger partial charge is 0.465 e. The van der Waals surface area contributed by atoms with Crippen molar-refractivity contribution in [3.8, 4) is 0 Å². The van der Waals surface area contributed by atoms with E-state index in [2.05, 4.69) is 4.98 Å². The molecule has 3 aromatic rings. The molecule has 7 nitrogen and oxygen atoms in total. The average Bonchev–Trinajstić information content (AvgIpc) is 3.02. The SMILES string of the molecule is COC(=O)c1ccc2c(c1)c(C=C[N+](=O)[O-])cn2CCc1cccnc1.